The summed E-state index contributed by atoms with van der Waals surface area (Å²) in [7, 11) is 0. The Morgan fingerprint density at radius 2 is 2.42 bits per heavy atom. The first-order valence-electron chi connectivity index (χ1n) is 4.91. The summed E-state index contributed by atoms with van der Waals surface area (Å²) >= 11 is 1.95. The molecule has 12 heavy (non-hydrogen) atoms. The molecule has 1 aliphatic carbocycles. The lowest BCUT2D eigenvalue weighted by atomic mass is 10.1. The van der Waals surface area contributed by atoms with Crippen LogP contribution in [0.1, 0.15) is 26.2 Å². The minimum Gasteiger partial charge on any atom is -0.323 e. The van der Waals surface area contributed by atoms with Gasteiger partial charge in [0.1, 0.15) is 0 Å². The average molecular weight is 183 g/mol. The van der Waals surface area contributed by atoms with Crippen molar-refractivity contribution < 1.29 is 0 Å². The fourth-order valence-electron chi connectivity index (χ4n) is 2.20. The molecule has 0 amide bonds. The van der Waals surface area contributed by atoms with Crippen LogP contribution < -0.4 is 0 Å². The highest BCUT2D eigenvalue weighted by Crippen LogP contribution is 2.32. The van der Waals surface area contributed by atoms with Crippen LogP contribution >= 0.6 is 11.9 Å². The van der Waals surface area contributed by atoms with Crippen molar-refractivity contribution in [2.45, 2.75) is 26.2 Å². The lowest BCUT2D eigenvalue weighted by molar-refractivity contribution is 0.433. The summed E-state index contributed by atoms with van der Waals surface area (Å²) in [6.45, 7) is 3.67. The van der Waals surface area contributed by atoms with Crippen LogP contribution in [0, 0.1) is 11.8 Å². The Hall–Kier alpha value is -0.110. The third-order valence-electron chi connectivity index (χ3n) is 2.85. The zero-order valence-electron chi connectivity index (χ0n) is 7.70. The van der Waals surface area contributed by atoms with Crippen LogP contribution in [-0.4, -0.2) is 16.6 Å². The first kappa shape index (κ1) is 8.49. The molecule has 2 aliphatic rings. The molecule has 1 saturated carbocycles. The van der Waals surface area contributed by atoms with Crippen molar-refractivity contribution in [3.05, 3.63) is 12.3 Å². The van der Waals surface area contributed by atoms with Crippen LogP contribution in [-0.2, 0) is 0 Å². The van der Waals surface area contributed by atoms with E-state index in [1.807, 2.05) is 11.9 Å². The van der Waals surface area contributed by atoms with Gasteiger partial charge in [0.2, 0.25) is 0 Å². The van der Waals surface area contributed by atoms with Crippen LogP contribution in [0.4, 0.5) is 0 Å². The van der Waals surface area contributed by atoms with Gasteiger partial charge in [0.05, 0.1) is 0 Å². The minimum atomic E-state index is 0.968. The van der Waals surface area contributed by atoms with Gasteiger partial charge >= 0.3 is 0 Å². The van der Waals surface area contributed by atoms with Crippen LogP contribution in [0.15, 0.2) is 12.3 Å². The van der Waals surface area contributed by atoms with E-state index in [-0.39, 0.29) is 0 Å². The number of hydrogen-bond donors (Lipinski definition) is 0. The Labute approximate surface area is 79.3 Å². The van der Waals surface area contributed by atoms with E-state index in [0.717, 1.165) is 11.8 Å². The van der Waals surface area contributed by atoms with E-state index < -0.39 is 0 Å². The Morgan fingerprint density at radius 1 is 1.50 bits per heavy atom. The molecule has 0 aromatic heterocycles. The number of rotatable bonds is 2. The maximum absolute atomic E-state index is 2.41. The van der Waals surface area contributed by atoms with Gasteiger partial charge in [-0.1, -0.05) is 19.4 Å². The molecular formula is C10H17NS. The highest BCUT2D eigenvalue weighted by molar-refractivity contribution is 7.97. The second-order valence-corrected chi connectivity index (χ2v) is 5.12. The SMILES string of the molecule is CC1CCC(CN2C=CCS2)C1. The van der Waals surface area contributed by atoms with Gasteiger partial charge in [0, 0.05) is 18.5 Å². The van der Waals surface area contributed by atoms with E-state index in [1.165, 1.54) is 31.6 Å². The second kappa shape index (κ2) is 3.73. The summed E-state index contributed by atoms with van der Waals surface area (Å²) in [4.78, 5) is 0. The normalized spacial score (nSPS) is 34.9. The Morgan fingerprint density at radius 3 is 3.00 bits per heavy atom. The predicted molar refractivity (Wildman–Crippen MR) is 54.8 cm³/mol. The molecule has 0 spiro atoms. The molecule has 0 N–H and O–H groups in total. The summed E-state index contributed by atoms with van der Waals surface area (Å²) in [5, 5.41) is 0. The van der Waals surface area contributed by atoms with Crippen molar-refractivity contribution in [1.29, 1.82) is 0 Å². The topological polar surface area (TPSA) is 3.24 Å². The zero-order chi connectivity index (χ0) is 8.39. The lowest BCUT2D eigenvalue weighted by Gasteiger charge is -2.18. The van der Waals surface area contributed by atoms with E-state index in [0.29, 0.717) is 0 Å². The smallest absolute Gasteiger partial charge is 0.0331 e. The Kier molecular flexibility index (Phi) is 2.64. The monoisotopic (exact) mass is 183 g/mol. The lowest BCUT2D eigenvalue weighted by Crippen LogP contribution is -2.15. The van der Waals surface area contributed by atoms with Gasteiger partial charge < -0.3 is 4.31 Å². The maximum Gasteiger partial charge on any atom is 0.0331 e. The van der Waals surface area contributed by atoms with Crippen LogP contribution in [0.3, 0.4) is 0 Å². The number of nitrogens with zero attached hydrogens (tertiary/aromatic N) is 1. The fourth-order valence-corrected chi connectivity index (χ4v) is 3.05. The average Bonchev–Trinajstić information content (AvgIpc) is 2.63. The van der Waals surface area contributed by atoms with E-state index in [2.05, 4.69) is 23.5 Å². The number of hydrogen-bond acceptors (Lipinski definition) is 2. The van der Waals surface area contributed by atoms with E-state index >= 15 is 0 Å². The molecule has 0 radical (unpaired) electrons. The fraction of sp³-hybridized carbons (Fsp3) is 0.800. The van der Waals surface area contributed by atoms with Crippen molar-refractivity contribution in [2.75, 3.05) is 12.3 Å². The van der Waals surface area contributed by atoms with Crippen molar-refractivity contribution in [2.24, 2.45) is 11.8 Å². The van der Waals surface area contributed by atoms with E-state index in [9.17, 15) is 0 Å². The molecule has 1 nitrogen and oxygen atoms in total. The van der Waals surface area contributed by atoms with Crippen molar-refractivity contribution in [1.82, 2.24) is 4.31 Å². The summed E-state index contributed by atoms with van der Waals surface area (Å²) in [6, 6.07) is 0. The third-order valence-corrected chi connectivity index (χ3v) is 3.79. The molecule has 68 valence electrons. The van der Waals surface area contributed by atoms with Gasteiger partial charge in [-0.15, -0.1) is 0 Å². The van der Waals surface area contributed by atoms with Gasteiger partial charge in [-0.05, 0) is 36.6 Å². The molecule has 1 fully saturated rings. The Bertz CT molecular complexity index is 179. The highest BCUT2D eigenvalue weighted by atomic mass is 32.2. The second-order valence-electron chi connectivity index (χ2n) is 4.06. The van der Waals surface area contributed by atoms with Gasteiger partial charge in [-0.3, -0.25) is 0 Å². The van der Waals surface area contributed by atoms with Gasteiger partial charge in [-0.25, -0.2) is 0 Å². The maximum atomic E-state index is 2.41. The van der Waals surface area contributed by atoms with Crippen molar-refractivity contribution in [3.63, 3.8) is 0 Å². The van der Waals surface area contributed by atoms with Crippen LogP contribution in [0.5, 0.6) is 0 Å². The summed E-state index contributed by atoms with van der Waals surface area (Å²) in [5.41, 5.74) is 0. The summed E-state index contributed by atoms with van der Waals surface area (Å²) in [5.74, 6) is 3.13. The highest BCUT2D eigenvalue weighted by Gasteiger charge is 2.23. The molecular weight excluding hydrogens is 166 g/mol. The molecule has 2 atom stereocenters. The van der Waals surface area contributed by atoms with Gasteiger partial charge in [-0.2, -0.15) is 0 Å². The van der Waals surface area contributed by atoms with E-state index in [1.54, 1.807) is 0 Å². The molecule has 1 aliphatic heterocycles. The molecule has 2 heteroatoms. The molecule has 0 bridgehead atoms. The van der Waals surface area contributed by atoms with Crippen LogP contribution in [0.2, 0.25) is 0 Å². The molecule has 0 aromatic rings. The molecule has 0 saturated heterocycles. The first-order chi connectivity index (χ1) is 5.84. The van der Waals surface area contributed by atoms with Crippen LogP contribution in [0.25, 0.3) is 0 Å². The van der Waals surface area contributed by atoms with E-state index in [4.69, 9.17) is 0 Å². The summed E-state index contributed by atoms with van der Waals surface area (Å²) in [6.07, 6.45) is 8.85. The molecule has 2 rings (SSSR count). The predicted octanol–water partition coefficient (Wildman–Crippen LogP) is 2.90. The minimum absolute atomic E-state index is 0.968. The molecule has 1 heterocycles. The van der Waals surface area contributed by atoms with Crippen molar-refractivity contribution in [3.8, 4) is 0 Å². The van der Waals surface area contributed by atoms with Crippen molar-refractivity contribution >= 4 is 11.9 Å². The van der Waals surface area contributed by atoms with Gasteiger partial charge in [0.25, 0.3) is 0 Å². The Balaban J connectivity index is 1.76. The largest absolute Gasteiger partial charge is 0.323 e. The van der Waals surface area contributed by atoms with Gasteiger partial charge in [0.15, 0.2) is 0 Å². The molecule has 2 unspecified atom stereocenters. The molecule has 0 aromatic carbocycles. The zero-order valence-corrected chi connectivity index (χ0v) is 8.52. The first-order valence-corrected chi connectivity index (χ1v) is 5.85. The summed E-state index contributed by atoms with van der Waals surface area (Å²) < 4.78 is 2.41. The third kappa shape index (κ3) is 1.98. The standard InChI is InChI=1S/C10H17NS/c1-9-3-4-10(7-9)8-11-5-2-6-12-11/h2,5,9-10H,3-4,6-8H2,1H3. The quantitative estimate of drug-likeness (QED) is 0.606.